The Morgan fingerprint density at radius 3 is 3.08 bits per heavy atom. The number of amides is 1. The van der Waals surface area contributed by atoms with Crippen molar-refractivity contribution in [3.05, 3.63) is 0 Å². The van der Waals surface area contributed by atoms with Crippen molar-refractivity contribution in [2.45, 2.75) is 18.9 Å². The summed E-state index contributed by atoms with van der Waals surface area (Å²) < 4.78 is 0. The van der Waals surface area contributed by atoms with Gasteiger partial charge in [-0.15, -0.1) is 0 Å². The van der Waals surface area contributed by atoms with Crippen LogP contribution in [0.3, 0.4) is 0 Å². The first kappa shape index (κ1) is 7.86. The molecule has 2 unspecified atom stereocenters. The molecular weight excluding hydrogens is 156 g/mol. The van der Waals surface area contributed by atoms with E-state index in [9.17, 15) is 4.79 Å². The normalized spacial score (nSPS) is 34.8. The van der Waals surface area contributed by atoms with Crippen molar-refractivity contribution in [1.29, 1.82) is 0 Å². The summed E-state index contributed by atoms with van der Waals surface area (Å²) in [5.74, 6) is 0.723. The Bertz CT molecular complexity index is 195. The zero-order valence-electron chi connectivity index (χ0n) is 6.99. The summed E-state index contributed by atoms with van der Waals surface area (Å²) in [5, 5.41) is 12.1. The maximum Gasteiger partial charge on any atom is 0.407 e. The average Bonchev–Trinajstić information content (AvgIpc) is 2.49. The van der Waals surface area contributed by atoms with Crippen molar-refractivity contribution < 1.29 is 9.90 Å². The van der Waals surface area contributed by atoms with E-state index in [-0.39, 0.29) is 0 Å². The van der Waals surface area contributed by atoms with Crippen LogP contribution >= 0.6 is 0 Å². The summed E-state index contributed by atoms with van der Waals surface area (Å²) in [6, 6.07) is 0.426. The summed E-state index contributed by atoms with van der Waals surface area (Å²) >= 11 is 0. The summed E-state index contributed by atoms with van der Waals surface area (Å²) in [5.41, 5.74) is 0. The van der Waals surface area contributed by atoms with E-state index in [4.69, 9.17) is 5.11 Å². The molecule has 1 amide bonds. The highest BCUT2D eigenvalue weighted by Crippen LogP contribution is 2.24. The lowest BCUT2D eigenvalue weighted by atomic mass is 9.93. The summed E-state index contributed by atoms with van der Waals surface area (Å²) in [4.78, 5) is 12.2. The average molecular weight is 170 g/mol. The van der Waals surface area contributed by atoms with Gasteiger partial charge in [-0.1, -0.05) is 0 Å². The molecule has 0 bridgehead atoms. The van der Waals surface area contributed by atoms with Gasteiger partial charge in [0.15, 0.2) is 0 Å². The third-order valence-corrected chi connectivity index (χ3v) is 2.95. The first-order valence-electron chi connectivity index (χ1n) is 4.48. The van der Waals surface area contributed by atoms with Crippen LogP contribution in [-0.4, -0.2) is 41.8 Å². The van der Waals surface area contributed by atoms with Crippen molar-refractivity contribution in [3.8, 4) is 0 Å². The largest absolute Gasteiger partial charge is 0.465 e. The molecule has 0 aromatic rings. The van der Waals surface area contributed by atoms with Gasteiger partial charge in [-0.05, 0) is 25.3 Å². The fourth-order valence-electron chi connectivity index (χ4n) is 2.21. The summed E-state index contributed by atoms with van der Waals surface area (Å²) in [6.45, 7) is 2.46. The Labute approximate surface area is 71.5 Å². The molecule has 0 aromatic carbocycles. The zero-order chi connectivity index (χ0) is 8.55. The van der Waals surface area contributed by atoms with E-state index in [0.717, 1.165) is 25.4 Å². The van der Waals surface area contributed by atoms with Gasteiger partial charge >= 0.3 is 6.09 Å². The molecule has 2 heterocycles. The third-order valence-electron chi connectivity index (χ3n) is 2.95. The van der Waals surface area contributed by atoms with Gasteiger partial charge in [-0.2, -0.15) is 0 Å². The first-order valence-corrected chi connectivity index (χ1v) is 4.48. The van der Waals surface area contributed by atoms with E-state index in [1.807, 2.05) is 0 Å². The van der Waals surface area contributed by atoms with Crippen LogP contribution in [0.1, 0.15) is 12.8 Å². The van der Waals surface area contributed by atoms with E-state index < -0.39 is 6.09 Å². The molecule has 2 rings (SSSR count). The number of likely N-dealkylation sites (tertiary alicyclic amines) is 1. The lowest BCUT2D eigenvalue weighted by Gasteiger charge is -2.32. The Morgan fingerprint density at radius 2 is 2.33 bits per heavy atom. The van der Waals surface area contributed by atoms with Gasteiger partial charge < -0.3 is 15.3 Å². The lowest BCUT2D eigenvalue weighted by Crippen LogP contribution is -2.48. The number of nitrogens with one attached hydrogen (secondary N) is 1. The molecule has 2 aliphatic heterocycles. The van der Waals surface area contributed by atoms with Crippen LogP contribution in [0.4, 0.5) is 4.79 Å². The zero-order valence-corrected chi connectivity index (χ0v) is 6.99. The van der Waals surface area contributed by atoms with Gasteiger partial charge in [0.1, 0.15) is 0 Å². The van der Waals surface area contributed by atoms with Crippen LogP contribution in [0.2, 0.25) is 0 Å². The van der Waals surface area contributed by atoms with Crippen LogP contribution in [0.25, 0.3) is 0 Å². The number of piperidine rings is 1. The minimum atomic E-state index is -0.776. The topological polar surface area (TPSA) is 52.6 Å². The van der Waals surface area contributed by atoms with Gasteiger partial charge in [-0.3, -0.25) is 0 Å². The second-order valence-electron chi connectivity index (χ2n) is 3.63. The maximum absolute atomic E-state index is 10.6. The number of hydrogen-bond donors (Lipinski definition) is 2. The van der Waals surface area contributed by atoms with Crippen LogP contribution in [0, 0.1) is 5.92 Å². The minimum Gasteiger partial charge on any atom is -0.465 e. The second kappa shape index (κ2) is 2.94. The number of rotatable bonds is 0. The lowest BCUT2D eigenvalue weighted by molar-refractivity contribution is 0.118. The van der Waals surface area contributed by atoms with E-state index in [1.165, 1.54) is 11.3 Å². The van der Waals surface area contributed by atoms with Crippen molar-refractivity contribution in [1.82, 2.24) is 10.2 Å². The van der Waals surface area contributed by atoms with Crippen molar-refractivity contribution in [2.24, 2.45) is 5.92 Å². The highest BCUT2D eigenvalue weighted by atomic mass is 16.4. The molecule has 4 nitrogen and oxygen atoms in total. The Kier molecular flexibility index (Phi) is 1.92. The first-order chi connectivity index (χ1) is 5.77. The number of fused-ring (bicyclic) bond motifs is 1. The predicted octanol–water partition coefficient (Wildman–Crippen LogP) is 0.348. The van der Waals surface area contributed by atoms with Gasteiger partial charge in [0.05, 0.1) is 0 Å². The number of carbonyl (C=O) groups is 1. The molecule has 0 radical (unpaired) electrons. The van der Waals surface area contributed by atoms with Crippen LogP contribution < -0.4 is 5.32 Å². The number of hydrogen-bond acceptors (Lipinski definition) is 2. The molecule has 2 N–H and O–H groups in total. The van der Waals surface area contributed by atoms with Crippen LogP contribution in [-0.2, 0) is 0 Å². The minimum absolute atomic E-state index is 0.426. The fraction of sp³-hybridized carbons (Fsp3) is 0.875. The molecule has 4 heteroatoms. The van der Waals surface area contributed by atoms with E-state index in [2.05, 4.69) is 5.32 Å². The molecule has 0 spiro atoms. The van der Waals surface area contributed by atoms with Gasteiger partial charge in [0.25, 0.3) is 0 Å². The molecule has 2 fully saturated rings. The Balaban J connectivity index is 1.96. The van der Waals surface area contributed by atoms with E-state index in [1.54, 1.807) is 0 Å². The molecule has 0 saturated carbocycles. The highest BCUT2D eigenvalue weighted by Gasteiger charge is 2.33. The molecule has 2 aliphatic rings. The standard InChI is InChI=1S/C8H14N2O2/c11-8(12)10-4-2-6-1-3-9-7(6)5-10/h6-7,9H,1-5H2,(H,11,12). The Hall–Kier alpha value is -0.770. The summed E-state index contributed by atoms with van der Waals surface area (Å²) in [7, 11) is 0. The monoisotopic (exact) mass is 170 g/mol. The van der Waals surface area contributed by atoms with E-state index in [0.29, 0.717) is 12.6 Å². The predicted molar refractivity (Wildman–Crippen MR) is 44.1 cm³/mol. The SMILES string of the molecule is O=C(O)N1CCC2CCNC2C1. The third kappa shape index (κ3) is 1.27. The quantitative estimate of drug-likeness (QED) is 0.551. The fourth-order valence-corrected chi connectivity index (χ4v) is 2.21. The Morgan fingerprint density at radius 1 is 1.50 bits per heavy atom. The van der Waals surface area contributed by atoms with Crippen LogP contribution in [0.5, 0.6) is 0 Å². The smallest absolute Gasteiger partial charge is 0.407 e. The number of carboxylic acid groups (broad SMARTS) is 1. The van der Waals surface area contributed by atoms with E-state index >= 15 is 0 Å². The van der Waals surface area contributed by atoms with Crippen molar-refractivity contribution in [3.63, 3.8) is 0 Å². The van der Waals surface area contributed by atoms with Crippen LogP contribution in [0.15, 0.2) is 0 Å². The maximum atomic E-state index is 10.6. The second-order valence-corrected chi connectivity index (χ2v) is 3.63. The van der Waals surface area contributed by atoms with Crippen molar-refractivity contribution >= 4 is 6.09 Å². The molecular formula is C8H14N2O2. The summed E-state index contributed by atoms with van der Waals surface area (Å²) in [6.07, 6.45) is 1.48. The highest BCUT2D eigenvalue weighted by molar-refractivity contribution is 5.65. The van der Waals surface area contributed by atoms with Gasteiger partial charge in [-0.25, -0.2) is 4.79 Å². The van der Waals surface area contributed by atoms with Gasteiger partial charge in [0, 0.05) is 19.1 Å². The molecule has 0 aliphatic carbocycles. The van der Waals surface area contributed by atoms with Crippen molar-refractivity contribution in [2.75, 3.05) is 19.6 Å². The molecule has 2 atom stereocenters. The molecule has 2 saturated heterocycles. The van der Waals surface area contributed by atoms with Gasteiger partial charge in [0.2, 0.25) is 0 Å². The molecule has 0 aromatic heterocycles. The molecule has 12 heavy (non-hydrogen) atoms. The molecule has 68 valence electrons. The number of nitrogens with zero attached hydrogens (tertiary/aromatic N) is 1.